The minimum Gasteiger partial charge on any atom is -0.395 e. The van der Waals surface area contributed by atoms with E-state index < -0.39 is 0 Å². The number of aliphatic hydroxyl groups excluding tert-OH is 1. The van der Waals surface area contributed by atoms with E-state index in [1.54, 1.807) is 0 Å². The van der Waals surface area contributed by atoms with Gasteiger partial charge in [-0.05, 0) is 31.9 Å². The molecule has 0 unspecified atom stereocenters. The number of aryl methyl sites for hydroxylation is 1. The molecule has 19 heavy (non-hydrogen) atoms. The van der Waals surface area contributed by atoms with Crippen LogP contribution in [0, 0.1) is 12.3 Å². The molecule has 0 saturated carbocycles. The summed E-state index contributed by atoms with van der Waals surface area (Å²) < 4.78 is 0. The van der Waals surface area contributed by atoms with E-state index in [4.69, 9.17) is 11.1 Å². The molecule has 0 radical (unpaired) electrons. The van der Waals surface area contributed by atoms with Crippen LogP contribution in [0.25, 0.3) is 0 Å². The lowest BCUT2D eigenvalue weighted by Gasteiger charge is -2.33. The van der Waals surface area contributed by atoms with Gasteiger partial charge >= 0.3 is 0 Å². The van der Waals surface area contributed by atoms with E-state index in [-0.39, 0.29) is 12.4 Å². The molecule has 0 aliphatic rings. The third-order valence-corrected chi connectivity index (χ3v) is 3.48. The molecule has 4 heteroatoms. The van der Waals surface area contributed by atoms with Gasteiger partial charge in [0.2, 0.25) is 0 Å². The van der Waals surface area contributed by atoms with Crippen LogP contribution in [0.4, 0.5) is 5.69 Å². The number of anilines is 1. The van der Waals surface area contributed by atoms with Crippen molar-refractivity contribution in [2.24, 2.45) is 5.73 Å². The normalized spacial score (nSPS) is 10.8. The Kier molecular flexibility index (Phi) is 5.83. The standard InChI is InChI=1S/C15H25N3O/c1-4-12(5-2)18(8-9-19)14-7-6-11(3)10-13(14)15(16)17/h6-7,10,12,19H,4-5,8-9H2,1-3H3,(H3,16,17). The summed E-state index contributed by atoms with van der Waals surface area (Å²) in [7, 11) is 0. The SMILES string of the molecule is CCC(CC)N(CCO)c1ccc(C)cc1C(=N)N. The van der Waals surface area contributed by atoms with Gasteiger partial charge in [0, 0.05) is 23.8 Å². The lowest BCUT2D eigenvalue weighted by atomic mass is 10.0. The maximum atomic E-state index is 9.30. The zero-order chi connectivity index (χ0) is 14.4. The van der Waals surface area contributed by atoms with Gasteiger partial charge in [0.15, 0.2) is 0 Å². The summed E-state index contributed by atoms with van der Waals surface area (Å²) in [4.78, 5) is 2.16. The van der Waals surface area contributed by atoms with Crippen LogP contribution in [-0.2, 0) is 0 Å². The number of nitrogen functional groups attached to an aromatic ring is 1. The van der Waals surface area contributed by atoms with E-state index in [9.17, 15) is 5.11 Å². The topological polar surface area (TPSA) is 73.3 Å². The molecule has 0 bridgehead atoms. The first-order valence-corrected chi connectivity index (χ1v) is 6.87. The zero-order valence-electron chi connectivity index (χ0n) is 12.1. The van der Waals surface area contributed by atoms with Gasteiger partial charge in [0.25, 0.3) is 0 Å². The second-order valence-electron chi connectivity index (χ2n) is 4.82. The molecule has 0 aliphatic carbocycles. The maximum absolute atomic E-state index is 9.30. The highest BCUT2D eigenvalue weighted by Crippen LogP contribution is 2.25. The fourth-order valence-corrected chi connectivity index (χ4v) is 2.45. The molecule has 4 N–H and O–H groups in total. The van der Waals surface area contributed by atoms with Gasteiger partial charge < -0.3 is 15.7 Å². The molecule has 0 heterocycles. The van der Waals surface area contributed by atoms with Crippen molar-refractivity contribution in [3.63, 3.8) is 0 Å². The van der Waals surface area contributed by atoms with E-state index in [0.29, 0.717) is 12.6 Å². The number of hydrogen-bond donors (Lipinski definition) is 3. The van der Waals surface area contributed by atoms with Crippen LogP contribution < -0.4 is 10.6 Å². The average molecular weight is 263 g/mol. The number of aliphatic hydroxyl groups is 1. The Labute approximate surface area is 115 Å². The predicted octanol–water partition coefficient (Wildman–Crippen LogP) is 2.27. The van der Waals surface area contributed by atoms with Gasteiger partial charge in [-0.25, -0.2) is 0 Å². The van der Waals surface area contributed by atoms with Crippen LogP contribution in [0.5, 0.6) is 0 Å². The van der Waals surface area contributed by atoms with Crippen LogP contribution in [0.2, 0.25) is 0 Å². The summed E-state index contributed by atoms with van der Waals surface area (Å²) in [6.07, 6.45) is 2.00. The van der Waals surface area contributed by atoms with E-state index in [2.05, 4.69) is 18.7 Å². The molecule has 0 aliphatic heterocycles. The van der Waals surface area contributed by atoms with Gasteiger partial charge in [-0.15, -0.1) is 0 Å². The molecule has 0 atom stereocenters. The Morgan fingerprint density at radius 3 is 2.47 bits per heavy atom. The minimum absolute atomic E-state index is 0.0765. The van der Waals surface area contributed by atoms with Crippen molar-refractivity contribution < 1.29 is 5.11 Å². The number of hydrogen-bond acceptors (Lipinski definition) is 3. The molecular weight excluding hydrogens is 238 g/mol. The summed E-state index contributed by atoms with van der Waals surface area (Å²) >= 11 is 0. The second kappa shape index (κ2) is 7.14. The number of nitrogens with zero attached hydrogens (tertiary/aromatic N) is 1. The van der Waals surface area contributed by atoms with Crippen LogP contribution in [0.3, 0.4) is 0 Å². The Morgan fingerprint density at radius 1 is 1.37 bits per heavy atom. The maximum Gasteiger partial charge on any atom is 0.124 e. The minimum atomic E-state index is 0.0765. The smallest absolute Gasteiger partial charge is 0.124 e. The third kappa shape index (κ3) is 3.70. The van der Waals surface area contributed by atoms with Crippen molar-refractivity contribution in [2.45, 2.75) is 39.7 Å². The largest absolute Gasteiger partial charge is 0.395 e. The van der Waals surface area contributed by atoms with Crippen LogP contribution in [0.1, 0.15) is 37.8 Å². The first-order valence-electron chi connectivity index (χ1n) is 6.87. The van der Waals surface area contributed by atoms with Crippen molar-refractivity contribution in [1.29, 1.82) is 5.41 Å². The molecule has 0 saturated heterocycles. The molecule has 0 aromatic heterocycles. The van der Waals surface area contributed by atoms with E-state index in [0.717, 1.165) is 29.7 Å². The number of nitrogens with two attached hydrogens (primary N) is 1. The molecule has 1 aromatic rings. The number of rotatable bonds is 7. The Balaban J connectivity index is 3.25. The first kappa shape index (κ1) is 15.5. The lowest BCUT2D eigenvalue weighted by molar-refractivity contribution is 0.296. The number of nitrogens with one attached hydrogen (secondary N) is 1. The predicted molar refractivity (Wildman–Crippen MR) is 81.0 cm³/mol. The van der Waals surface area contributed by atoms with Gasteiger partial charge in [-0.1, -0.05) is 25.5 Å². The third-order valence-electron chi connectivity index (χ3n) is 3.48. The summed E-state index contributed by atoms with van der Waals surface area (Å²) in [6, 6.07) is 6.31. The monoisotopic (exact) mass is 263 g/mol. The molecule has 0 spiro atoms. The summed E-state index contributed by atoms with van der Waals surface area (Å²) in [5.74, 6) is 0.0765. The van der Waals surface area contributed by atoms with Gasteiger partial charge in [0.1, 0.15) is 5.84 Å². The van der Waals surface area contributed by atoms with Gasteiger partial charge in [-0.3, -0.25) is 5.41 Å². The second-order valence-corrected chi connectivity index (χ2v) is 4.82. The highest BCUT2D eigenvalue weighted by atomic mass is 16.3. The zero-order valence-corrected chi connectivity index (χ0v) is 12.1. The van der Waals surface area contributed by atoms with Crippen LogP contribution >= 0.6 is 0 Å². The van der Waals surface area contributed by atoms with Crippen molar-refractivity contribution in [2.75, 3.05) is 18.1 Å². The highest BCUT2D eigenvalue weighted by molar-refractivity contribution is 6.00. The Hall–Kier alpha value is -1.55. The summed E-state index contributed by atoms with van der Waals surface area (Å²) in [6.45, 7) is 6.93. The molecule has 1 aromatic carbocycles. The molecule has 1 rings (SSSR count). The first-order chi connectivity index (χ1) is 9.04. The molecule has 0 amide bonds. The molecular formula is C15H25N3O. The summed E-state index contributed by atoms with van der Waals surface area (Å²) in [5, 5.41) is 17.0. The fraction of sp³-hybridized carbons (Fsp3) is 0.533. The van der Waals surface area contributed by atoms with Crippen LogP contribution in [-0.4, -0.2) is 30.1 Å². The lowest BCUT2D eigenvalue weighted by Crippen LogP contribution is -2.38. The van der Waals surface area contributed by atoms with Crippen molar-refractivity contribution in [1.82, 2.24) is 0 Å². The van der Waals surface area contributed by atoms with Crippen molar-refractivity contribution >= 4 is 11.5 Å². The number of benzene rings is 1. The average Bonchev–Trinajstić information content (AvgIpc) is 2.39. The molecule has 106 valence electrons. The van der Waals surface area contributed by atoms with Gasteiger partial charge in [0.05, 0.1) is 6.61 Å². The quantitative estimate of drug-likeness (QED) is 0.522. The van der Waals surface area contributed by atoms with Crippen molar-refractivity contribution in [3.8, 4) is 0 Å². The van der Waals surface area contributed by atoms with E-state index in [1.165, 1.54) is 0 Å². The molecule has 4 nitrogen and oxygen atoms in total. The van der Waals surface area contributed by atoms with Crippen molar-refractivity contribution in [3.05, 3.63) is 29.3 Å². The number of amidine groups is 1. The van der Waals surface area contributed by atoms with E-state index in [1.807, 2.05) is 25.1 Å². The summed E-state index contributed by atoms with van der Waals surface area (Å²) in [5.41, 5.74) is 8.48. The Morgan fingerprint density at radius 2 is 2.00 bits per heavy atom. The van der Waals surface area contributed by atoms with Crippen LogP contribution in [0.15, 0.2) is 18.2 Å². The highest BCUT2D eigenvalue weighted by Gasteiger charge is 2.19. The van der Waals surface area contributed by atoms with E-state index >= 15 is 0 Å². The molecule has 0 fully saturated rings. The van der Waals surface area contributed by atoms with Gasteiger partial charge in [-0.2, -0.15) is 0 Å². The Bertz CT molecular complexity index is 427. The fourth-order valence-electron chi connectivity index (χ4n) is 2.45.